The summed E-state index contributed by atoms with van der Waals surface area (Å²) < 4.78 is 5.18. The molecule has 1 fully saturated rings. The molecule has 1 aliphatic carbocycles. The second kappa shape index (κ2) is 10.7. The van der Waals surface area contributed by atoms with Crippen LogP contribution in [0.15, 0.2) is 5.10 Å². The van der Waals surface area contributed by atoms with Crippen molar-refractivity contribution in [1.82, 2.24) is 16.1 Å². The third-order valence-electron chi connectivity index (χ3n) is 4.31. The summed E-state index contributed by atoms with van der Waals surface area (Å²) in [6.45, 7) is 7.70. The van der Waals surface area contributed by atoms with Crippen LogP contribution in [0.4, 0.5) is 9.59 Å². The van der Waals surface area contributed by atoms with Crippen molar-refractivity contribution in [2.24, 2.45) is 16.9 Å². The number of ether oxygens (including phenoxy) is 1. The quantitative estimate of drug-likeness (QED) is 0.396. The molecule has 1 aliphatic rings. The summed E-state index contributed by atoms with van der Waals surface area (Å²) in [4.78, 5) is 34.5. The third kappa shape index (κ3) is 9.81. The van der Waals surface area contributed by atoms with Crippen LogP contribution in [0.2, 0.25) is 0 Å². The molecule has 9 nitrogen and oxygen atoms in total. The fourth-order valence-corrected chi connectivity index (χ4v) is 2.78. The molecule has 0 spiro atoms. The second-order valence-electron chi connectivity index (χ2n) is 7.82. The minimum Gasteiger partial charge on any atom is -0.481 e. The molecular weight excluding hydrogens is 352 g/mol. The lowest BCUT2D eigenvalue weighted by atomic mass is 9.82. The van der Waals surface area contributed by atoms with E-state index in [1.54, 1.807) is 20.8 Å². The van der Waals surface area contributed by atoms with Crippen LogP contribution in [0.3, 0.4) is 0 Å². The van der Waals surface area contributed by atoms with E-state index in [2.05, 4.69) is 21.2 Å². The molecule has 0 aromatic carbocycles. The van der Waals surface area contributed by atoms with Crippen LogP contribution in [0.1, 0.15) is 59.8 Å². The van der Waals surface area contributed by atoms with Crippen LogP contribution in [-0.4, -0.2) is 47.6 Å². The molecule has 0 saturated heterocycles. The summed E-state index contributed by atoms with van der Waals surface area (Å²) in [5.41, 5.74) is 1.79. The van der Waals surface area contributed by atoms with Crippen molar-refractivity contribution in [2.75, 3.05) is 6.54 Å². The van der Waals surface area contributed by atoms with Crippen molar-refractivity contribution in [3.63, 3.8) is 0 Å². The maximum absolute atomic E-state index is 11.8. The summed E-state index contributed by atoms with van der Waals surface area (Å²) in [7, 11) is 0. The Bertz CT molecular complexity index is 536. The highest BCUT2D eigenvalue weighted by atomic mass is 16.6. The van der Waals surface area contributed by atoms with Crippen molar-refractivity contribution >= 4 is 24.3 Å². The van der Waals surface area contributed by atoms with Gasteiger partial charge in [0, 0.05) is 12.8 Å². The van der Waals surface area contributed by atoms with Crippen molar-refractivity contribution in [2.45, 2.75) is 71.4 Å². The van der Waals surface area contributed by atoms with E-state index in [0.717, 1.165) is 12.8 Å². The van der Waals surface area contributed by atoms with Gasteiger partial charge in [-0.25, -0.2) is 15.0 Å². The molecule has 154 valence electrons. The van der Waals surface area contributed by atoms with Gasteiger partial charge in [0.2, 0.25) is 0 Å². The Hall–Kier alpha value is -2.32. The number of nitrogens with one attached hydrogen (secondary N) is 3. The predicted molar refractivity (Wildman–Crippen MR) is 102 cm³/mol. The average Bonchev–Trinajstić information content (AvgIpc) is 2.57. The predicted octanol–water partition coefficient (Wildman–Crippen LogP) is 2.47. The van der Waals surface area contributed by atoms with Gasteiger partial charge in [-0.3, -0.25) is 4.79 Å². The van der Waals surface area contributed by atoms with Gasteiger partial charge in [-0.15, -0.1) is 0 Å². The highest BCUT2D eigenvalue weighted by molar-refractivity contribution is 5.78. The Morgan fingerprint density at radius 3 is 2.37 bits per heavy atom. The molecule has 3 amide bonds. The molecule has 0 aromatic rings. The molecule has 0 heterocycles. The lowest BCUT2D eigenvalue weighted by Crippen LogP contribution is -2.41. The maximum Gasteiger partial charge on any atom is 0.408 e. The largest absolute Gasteiger partial charge is 0.481 e. The molecule has 27 heavy (non-hydrogen) atoms. The van der Waals surface area contributed by atoms with Gasteiger partial charge in [-0.05, 0) is 58.8 Å². The van der Waals surface area contributed by atoms with Crippen molar-refractivity contribution < 1.29 is 24.2 Å². The number of hydrazone groups is 1. The monoisotopic (exact) mass is 384 g/mol. The van der Waals surface area contributed by atoms with E-state index in [-0.39, 0.29) is 17.9 Å². The van der Waals surface area contributed by atoms with E-state index in [4.69, 9.17) is 9.84 Å². The molecule has 0 aliphatic heterocycles. The number of amides is 3. The first kappa shape index (κ1) is 22.7. The average molecular weight is 384 g/mol. The van der Waals surface area contributed by atoms with E-state index in [9.17, 15) is 14.4 Å². The summed E-state index contributed by atoms with van der Waals surface area (Å²) in [6.07, 6.45) is 4.38. The molecule has 1 atom stereocenters. The number of aliphatic carboxylic acids is 1. The standard InChI is InChI=1S/C18H32N4O5/c1-5-14(21-17(26)27-18(2,3)4)11-20-22-16(25)19-10-12-6-8-13(9-7-12)15(23)24/h11-14H,5-10H2,1-4H3,(H,21,26)(H,23,24)(H2,19,22,25)/b20-11+. The van der Waals surface area contributed by atoms with E-state index >= 15 is 0 Å². The lowest BCUT2D eigenvalue weighted by Gasteiger charge is -2.26. The van der Waals surface area contributed by atoms with Crippen molar-refractivity contribution in [3.05, 3.63) is 0 Å². The highest BCUT2D eigenvalue weighted by Crippen LogP contribution is 2.28. The Morgan fingerprint density at radius 2 is 1.85 bits per heavy atom. The molecule has 1 rings (SSSR count). The van der Waals surface area contributed by atoms with Crippen LogP contribution in [0.5, 0.6) is 0 Å². The Morgan fingerprint density at radius 1 is 1.22 bits per heavy atom. The van der Waals surface area contributed by atoms with Gasteiger partial charge < -0.3 is 20.5 Å². The zero-order valence-electron chi connectivity index (χ0n) is 16.6. The first-order valence-electron chi connectivity index (χ1n) is 9.40. The summed E-state index contributed by atoms with van der Waals surface area (Å²) in [5.74, 6) is -0.713. The fourth-order valence-electron chi connectivity index (χ4n) is 2.78. The second-order valence-corrected chi connectivity index (χ2v) is 7.82. The van der Waals surface area contributed by atoms with Gasteiger partial charge in [0.15, 0.2) is 0 Å². The van der Waals surface area contributed by atoms with Crippen LogP contribution in [0.25, 0.3) is 0 Å². The van der Waals surface area contributed by atoms with E-state index in [0.29, 0.717) is 25.8 Å². The Labute approximate surface area is 160 Å². The highest BCUT2D eigenvalue weighted by Gasteiger charge is 2.26. The first-order valence-corrected chi connectivity index (χ1v) is 9.40. The maximum atomic E-state index is 11.8. The van der Waals surface area contributed by atoms with E-state index in [1.165, 1.54) is 6.21 Å². The number of urea groups is 1. The lowest BCUT2D eigenvalue weighted by molar-refractivity contribution is -0.143. The van der Waals surface area contributed by atoms with Crippen molar-refractivity contribution in [1.29, 1.82) is 0 Å². The number of carbonyl (C=O) groups is 3. The molecule has 4 N–H and O–H groups in total. The molecule has 1 saturated carbocycles. The number of alkyl carbamates (subject to hydrolysis) is 1. The number of nitrogens with zero attached hydrogens (tertiary/aromatic N) is 1. The molecule has 0 radical (unpaired) electrons. The Kier molecular flexibility index (Phi) is 9.04. The normalized spacial score (nSPS) is 21.3. The van der Waals surface area contributed by atoms with Gasteiger partial charge in [0.1, 0.15) is 5.60 Å². The van der Waals surface area contributed by atoms with E-state index in [1.807, 2.05) is 6.92 Å². The SMILES string of the molecule is CCC(/C=N/NC(=O)NCC1CCC(C(=O)O)CC1)NC(=O)OC(C)(C)C. The summed E-state index contributed by atoms with van der Waals surface area (Å²) >= 11 is 0. The molecule has 9 heteroatoms. The van der Waals surface area contributed by atoms with Gasteiger partial charge in [0.25, 0.3) is 0 Å². The number of carboxylic acids is 1. The number of hydrogen-bond acceptors (Lipinski definition) is 5. The van der Waals surface area contributed by atoms with E-state index < -0.39 is 23.7 Å². The zero-order chi connectivity index (χ0) is 20.4. The zero-order valence-corrected chi connectivity index (χ0v) is 16.6. The topological polar surface area (TPSA) is 129 Å². The first-order chi connectivity index (χ1) is 12.6. The molecule has 0 aromatic heterocycles. The summed E-state index contributed by atoms with van der Waals surface area (Å²) in [5, 5.41) is 18.2. The van der Waals surface area contributed by atoms with Gasteiger partial charge in [-0.2, -0.15) is 5.10 Å². The van der Waals surface area contributed by atoms with Gasteiger partial charge >= 0.3 is 18.1 Å². The number of hydrogen-bond donors (Lipinski definition) is 4. The molecule has 0 bridgehead atoms. The van der Waals surface area contributed by atoms with Gasteiger partial charge in [-0.1, -0.05) is 6.92 Å². The minimum atomic E-state index is -0.737. The minimum absolute atomic E-state index is 0.261. The number of rotatable bonds is 7. The number of carboxylic acid groups (broad SMARTS) is 1. The smallest absolute Gasteiger partial charge is 0.408 e. The van der Waals surface area contributed by atoms with Crippen molar-refractivity contribution in [3.8, 4) is 0 Å². The van der Waals surface area contributed by atoms with Crippen LogP contribution >= 0.6 is 0 Å². The van der Waals surface area contributed by atoms with Crippen LogP contribution < -0.4 is 16.1 Å². The van der Waals surface area contributed by atoms with Crippen LogP contribution in [-0.2, 0) is 9.53 Å². The summed E-state index contributed by atoms with van der Waals surface area (Å²) in [6, 6.07) is -0.787. The fraction of sp³-hybridized carbons (Fsp3) is 0.778. The number of carbonyl (C=O) groups excluding carboxylic acids is 2. The van der Waals surface area contributed by atoms with Crippen LogP contribution in [0, 0.1) is 11.8 Å². The van der Waals surface area contributed by atoms with Gasteiger partial charge in [0.05, 0.1) is 12.0 Å². The molecule has 1 unspecified atom stereocenters. The molecular formula is C18H32N4O5. The third-order valence-corrected chi connectivity index (χ3v) is 4.31. The Balaban J connectivity index is 2.27.